The Morgan fingerprint density at radius 2 is 1.85 bits per heavy atom. The second kappa shape index (κ2) is 9.03. The molecule has 3 rings (SSSR count). The number of esters is 1. The van der Waals surface area contributed by atoms with E-state index in [0.29, 0.717) is 11.7 Å². The largest absolute Gasteiger partial charge is 0.457 e. The van der Waals surface area contributed by atoms with Crippen molar-refractivity contribution < 1.29 is 19.1 Å². The summed E-state index contributed by atoms with van der Waals surface area (Å²) in [6.45, 7) is 1.71. The summed E-state index contributed by atoms with van der Waals surface area (Å²) in [7, 11) is 0. The van der Waals surface area contributed by atoms with Crippen molar-refractivity contribution in [2.45, 2.75) is 25.8 Å². The van der Waals surface area contributed by atoms with Crippen LogP contribution < -0.4 is 10.1 Å². The SMILES string of the molecule is C[C@H](NC(=O)COC(=O)/C=C/c1cccc(Oc2ccccc2)c1)C1CC1. The van der Waals surface area contributed by atoms with Crippen molar-refractivity contribution in [1.82, 2.24) is 5.32 Å². The fourth-order valence-electron chi connectivity index (χ4n) is 2.67. The molecule has 2 aromatic rings. The maximum atomic E-state index is 11.8. The minimum atomic E-state index is -0.557. The first-order valence-electron chi connectivity index (χ1n) is 9.07. The number of ether oxygens (including phenoxy) is 2. The lowest BCUT2D eigenvalue weighted by molar-refractivity contribution is -0.144. The Morgan fingerprint density at radius 3 is 2.59 bits per heavy atom. The number of rotatable bonds is 8. The molecule has 0 unspecified atom stereocenters. The number of nitrogens with one attached hydrogen (secondary N) is 1. The average molecular weight is 365 g/mol. The van der Waals surface area contributed by atoms with Gasteiger partial charge in [-0.25, -0.2) is 4.79 Å². The van der Waals surface area contributed by atoms with Crippen molar-refractivity contribution in [1.29, 1.82) is 0 Å². The molecule has 1 N–H and O–H groups in total. The van der Waals surface area contributed by atoms with E-state index in [9.17, 15) is 9.59 Å². The van der Waals surface area contributed by atoms with E-state index in [0.717, 1.165) is 24.2 Å². The molecule has 1 fully saturated rings. The van der Waals surface area contributed by atoms with Crippen LogP contribution in [0.3, 0.4) is 0 Å². The van der Waals surface area contributed by atoms with Gasteiger partial charge in [-0.2, -0.15) is 0 Å². The van der Waals surface area contributed by atoms with Gasteiger partial charge in [-0.3, -0.25) is 4.79 Å². The lowest BCUT2D eigenvalue weighted by Gasteiger charge is -2.12. The number of hydrogen-bond donors (Lipinski definition) is 1. The van der Waals surface area contributed by atoms with Gasteiger partial charge in [-0.05, 0) is 61.6 Å². The van der Waals surface area contributed by atoms with Crippen molar-refractivity contribution in [3.8, 4) is 11.5 Å². The van der Waals surface area contributed by atoms with Gasteiger partial charge in [-0.15, -0.1) is 0 Å². The van der Waals surface area contributed by atoms with Crippen molar-refractivity contribution in [3.05, 3.63) is 66.2 Å². The van der Waals surface area contributed by atoms with Gasteiger partial charge < -0.3 is 14.8 Å². The molecule has 1 aliphatic rings. The first-order valence-corrected chi connectivity index (χ1v) is 9.07. The highest BCUT2D eigenvalue weighted by Crippen LogP contribution is 2.32. The predicted molar refractivity (Wildman–Crippen MR) is 103 cm³/mol. The predicted octanol–water partition coefficient (Wildman–Crippen LogP) is 3.95. The van der Waals surface area contributed by atoms with E-state index < -0.39 is 5.97 Å². The summed E-state index contributed by atoms with van der Waals surface area (Å²) in [6.07, 6.45) is 5.23. The maximum Gasteiger partial charge on any atom is 0.331 e. The minimum absolute atomic E-state index is 0.138. The normalized spacial score (nSPS) is 14.6. The quantitative estimate of drug-likeness (QED) is 0.568. The van der Waals surface area contributed by atoms with Crippen LogP contribution in [-0.2, 0) is 14.3 Å². The summed E-state index contributed by atoms with van der Waals surface area (Å²) in [4.78, 5) is 23.6. The number of carbonyl (C=O) groups excluding carboxylic acids is 2. The summed E-state index contributed by atoms with van der Waals surface area (Å²) < 4.78 is 10.7. The highest BCUT2D eigenvalue weighted by atomic mass is 16.5. The van der Waals surface area contributed by atoms with Gasteiger partial charge in [0.05, 0.1) is 0 Å². The highest BCUT2D eigenvalue weighted by molar-refractivity contribution is 5.89. The molecule has 0 spiro atoms. The van der Waals surface area contributed by atoms with E-state index >= 15 is 0 Å². The third kappa shape index (κ3) is 6.29. The molecule has 1 amide bonds. The molecule has 0 aromatic heterocycles. The molecule has 1 aliphatic carbocycles. The Hall–Kier alpha value is -3.08. The Balaban J connectivity index is 1.47. The first-order chi connectivity index (χ1) is 13.1. The van der Waals surface area contributed by atoms with Crippen molar-refractivity contribution in [2.75, 3.05) is 6.61 Å². The number of carbonyl (C=O) groups is 2. The highest BCUT2D eigenvalue weighted by Gasteiger charge is 2.28. The van der Waals surface area contributed by atoms with Gasteiger partial charge in [0.1, 0.15) is 11.5 Å². The van der Waals surface area contributed by atoms with Gasteiger partial charge in [0.15, 0.2) is 6.61 Å². The van der Waals surface area contributed by atoms with Crippen LogP contribution in [-0.4, -0.2) is 24.5 Å². The average Bonchev–Trinajstić information content (AvgIpc) is 3.51. The standard InChI is InChI=1S/C22H23NO4/c1-16(18-11-12-18)23-21(24)15-26-22(25)13-10-17-6-5-9-20(14-17)27-19-7-3-2-4-8-19/h2-10,13-14,16,18H,11-12,15H2,1H3,(H,23,24)/b13-10+/t16-/m0/s1. The summed E-state index contributed by atoms with van der Waals surface area (Å²) in [5.41, 5.74) is 0.798. The third-order valence-corrected chi connectivity index (χ3v) is 4.31. The van der Waals surface area contributed by atoms with Crippen LogP contribution in [0, 0.1) is 5.92 Å². The van der Waals surface area contributed by atoms with Gasteiger partial charge >= 0.3 is 5.97 Å². The number of amides is 1. The van der Waals surface area contributed by atoms with E-state index in [2.05, 4.69) is 5.32 Å². The Kier molecular flexibility index (Phi) is 6.26. The smallest absolute Gasteiger partial charge is 0.331 e. The molecule has 0 bridgehead atoms. The van der Waals surface area contributed by atoms with Crippen LogP contribution in [0.1, 0.15) is 25.3 Å². The lowest BCUT2D eigenvalue weighted by atomic mass is 10.2. The molecule has 5 heteroatoms. The van der Waals surface area contributed by atoms with Crippen molar-refractivity contribution in [3.63, 3.8) is 0 Å². The van der Waals surface area contributed by atoms with Crippen LogP contribution in [0.5, 0.6) is 11.5 Å². The lowest BCUT2D eigenvalue weighted by Crippen LogP contribution is -2.36. The molecule has 27 heavy (non-hydrogen) atoms. The van der Waals surface area contributed by atoms with Crippen LogP contribution in [0.4, 0.5) is 0 Å². The molecule has 0 radical (unpaired) electrons. The second-order valence-electron chi connectivity index (χ2n) is 6.62. The fraction of sp³-hybridized carbons (Fsp3) is 0.273. The van der Waals surface area contributed by atoms with E-state index in [4.69, 9.17) is 9.47 Å². The molecule has 1 atom stereocenters. The third-order valence-electron chi connectivity index (χ3n) is 4.31. The number of hydrogen-bond acceptors (Lipinski definition) is 4. The zero-order valence-electron chi connectivity index (χ0n) is 15.3. The number of para-hydroxylation sites is 1. The van der Waals surface area contributed by atoms with Gasteiger partial charge in [0.2, 0.25) is 0 Å². The van der Waals surface area contributed by atoms with Gasteiger partial charge in [-0.1, -0.05) is 30.3 Å². The molecular formula is C22H23NO4. The van der Waals surface area contributed by atoms with Crippen LogP contribution in [0.15, 0.2) is 60.7 Å². The van der Waals surface area contributed by atoms with Crippen molar-refractivity contribution in [2.24, 2.45) is 5.92 Å². The molecule has 0 aliphatic heterocycles. The van der Waals surface area contributed by atoms with Crippen LogP contribution >= 0.6 is 0 Å². The first kappa shape index (κ1) is 18.7. The van der Waals surface area contributed by atoms with E-state index in [1.165, 1.54) is 6.08 Å². The molecular weight excluding hydrogens is 342 g/mol. The Morgan fingerprint density at radius 1 is 1.11 bits per heavy atom. The molecule has 0 heterocycles. The summed E-state index contributed by atoms with van der Waals surface area (Å²) in [6, 6.07) is 17.0. The fourth-order valence-corrected chi connectivity index (χ4v) is 2.67. The zero-order valence-corrected chi connectivity index (χ0v) is 15.3. The molecule has 0 saturated heterocycles. The van der Waals surface area contributed by atoms with E-state index in [1.807, 2.05) is 61.5 Å². The minimum Gasteiger partial charge on any atom is -0.457 e. The molecule has 140 valence electrons. The Bertz CT molecular complexity index is 812. The summed E-state index contributed by atoms with van der Waals surface area (Å²) in [5, 5.41) is 2.84. The monoisotopic (exact) mass is 365 g/mol. The topological polar surface area (TPSA) is 64.6 Å². The maximum absolute atomic E-state index is 11.8. The number of benzene rings is 2. The van der Waals surface area contributed by atoms with Gasteiger partial charge in [0.25, 0.3) is 5.91 Å². The Labute approximate surface area is 159 Å². The van der Waals surface area contributed by atoms with Crippen LogP contribution in [0.25, 0.3) is 6.08 Å². The second-order valence-corrected chi connectivity index (χ2v) is 6.62. The molecule has 2 aromatic carbocycles. The summed E-state index contributed by atoms with van der Waals surface area (Å²) >= 11 is 0. The van der Waals surface area contributed by atoms with E-state index in [1.54, 1.807) is 6.08 Å². The molecule has 1 saturated carbocycles. The van der Waals surface area contributed by atoms with Crippen LogP contribution in [0.2, 0.25) is 0 Å². The van der Waals surface area contributed by atoms with Gasteiger partial charge in [0, 0.05) is 12.1 Å². The van der Waals surface area contributed by atoms with Crippen molar-refractivity contribution >= 4 is 18.0 Å². The molecule has 5 nitrogen and oxygen atoms in total. The zero-order chi connectivity index (χ0) is 19.1. The van der Waals surface area contributed by atoms with E-state index in [-0.39, 0.29) is 18.6 Å². The summed E-state index contributed by atoms with van der Waals surface area (Å²) in [5.74, 6) is 1.15.